The summed E-state index contributed by atoms with van der Waals surface area (Å²) in [6.07, 6.45) is 2.27. The van der Waals surface area contributed by atoms with Crippen molar-refractivity contribution in [1.29, 1.82) is 0 Å². The fraction of sp³-hybridized carbons (Fsp3) is 0.800. The largest absolute Gasteiger partial charge is 0.347 e. The number of nitrogens with zero attached hydrogens (tertiary/aromatic N) is 2. The molecule has 0 amide bonds. The Kier molecular flexibility index (Phi) is 5.75. The maximum atomic E-state index is 4.89. The summed E-state index contributed by atoms with van der Waals surface area (Å²) < 4.78 is 0.409. The van der Waals surface area contributed by atoms with Gasteiger partial charge in [0.25, 0.3) is 0 Å². The lowest BCUT2D eigenvalue weighted by molar-refractivity contribution is 0.637. The van der Waals surface area contributed by atoms with E-state index >= 15 is 0 Å². The van der Waals surface area contributed by atoms with E-state index in [9.17, 15) is 0 Å². The van der Waals surface area contributed by atoms with Crippen molar-refractivity contribution in [3.05, 3.63) is 10.6 Å². The Labute approximate surface area is 131 Å². The molecule has 3 nitrogen and oxygen atoms in total. The zero-order valence-corrected chi connectivity index (χ0v) is 14.8. The standard InChI is InChI=1S/C15H27N3S2/c1-5-12-13(11-16-6-2)20-14(17-12)18-8-7-15(3,4)19-10-9-18/h16H,5-11H2,1-4H3. The van der Waals surface area contributed by atoms with Gasteiger partial charge in [0.15, 0.2) is 5.13 Å². The molecule has 0 saturated carbocycles. The van der Waals surface area contributed by atoms with Crippen molar-refractivity contribution in [2.75, 3.05) is 30.3 Å². The van der Waals surface area contributed by atoms with Crippen LogP contribution in [0.1, 0.15) is 44.7 Å². The number of thioether (sulfide) groups is 1. The third-order valence-corrected chi connectivity index (χ3v) is 6.28. The second kappa shape index (κ2) is 7.14. The lowest BCUT2D eigenvalue weighted by atomic mass is 10.1. The molecule has 0 atom stereocenters. The highest BCUT2D eigenvalue weighted by molar-refractivity contribution is 8.00. The number of aromatic nitrogens is 1. The van der Waals surface area contributed by atoms with E-state index < -0.39 is 0 Å². The zero-order valence-electron chi connectivity index (χ0n) is 13.2. The van der Waals surface area contributed by atoms with Gasteiger partial charge in [-0.25, -0.2) is 4.98 Å². The Morgan fingerprint density at radius 3 is 2.80 bits per heavy atom. The van der Waals surface area contributed by atoms with E-state index in [4.69, 9.17) is 4.98 Å². The molecule has 1 aliphatic rings. The first-order valence-electron chi connectivity index (χ1n) is 7.64. The second-order valence-corrected chi connectivity index (χ2v) is 8.71. The van der Waals surface area contributed by atoms with Crippen LogP contribution in [-0.4, -0.2) is 35.1 Å². The summed E-state index contributed by atoms with van der Waals surface area (Å²) in [5, 5.41) is 4.66. The van der Waals surface area contributed by atoms with Gasteiger partial charge in [-0.05, 0) is 19.4 Å². The summed E-state index contributed by atoms with van der Waals surface area (Å²) in [4.78, 5) is 8.79. The monoisotopic (exact) mass is 313 g/mol. The summed E-state index contributed by atoms with van der Waals surface area (Å²) in [6.45, 7) is 13.3. The molecule has 1 saturated heterocycles. The first-order chi connectivity index (χ1) is 9.55. The van der Waals surface area contributed by atoms with Gasteiger partial charge < -0.3 is 10.2 Å². The molecule has 0 radical (unpaired) electrons. The average molecular weight is 314 g/mol. The van der Waals surface area contributed by atoms with Crippen LogP contribution in [0.2, 0.25) is 0 Å². The van der Waals surface area contributed by atoms with E-state index in [2.05, 4.69) is 49.7 Å². The zero-order chi connectivity index (χ0) is 14.6. The van der Waals surface area contributed by atoms with Crippen molar-refractivity contribution in [3.8, 4) is 0 Å². The van der Waals surface area contributed by atoms with Crippen LogP contribution in [0, 0.1) is 0 Å². The molecule has 1 N–H and O–H groups in total. The molecule has 0 bridgehead atoms. The lowest BCUT2D eigenvalue weighted by Gasteiger charge is -2.22. The molecule has 1 aliphatic heterocycles. The van der Waals surface area contributed by atoms with E-state index in [1.165, 1.54) is 27.9 Å². The topological polar surface area (TPSA) is 28.2 Å². The summed E-state index contributed by atoms with van der Waals surface area (Å²) in [5.41, 5.74) is 1.28. The fourth-order valence-electron chi connectivity index (χ4n) is 2.37. The van der Waals surface area contributed by atoms with Gasteiger partial charge >= 0.3 is 0 Å². The van der Waals surface area contributed by atoms with Gasteiger partial charge in [0.2, 0.25) is 0 Å². The van der Waals surface area contributed by atoms with Crippen LogP contribution in [-0.2, 0) is 13.0 Å². The van der Waals surface area contributed by atoms with Gasteiger partial charge in [0.1, 0.15) is 0 Å². The van der Waals surface area contributed by atoms with Crippen LogP contribution in [0.5, 0.6) is 0 Å². The van der Waals surface area contributed by atoms with Crippen molar-refractivity contribution >= 4 is 28.2 Å². The van der Waals surface area contributed by atoms with Gasteiger partial charge in [-0.2, -0.15) is 11.8 Å². The van der Waals surface area contributed by atoms with E-state index in [0.29, 0.717) is 4.75 Å². The van der Waals surface area contributed by atoms with Crippen molar-refractivity contribution in [2.24, 2.45) is 0 Å². The van der Waals surface area contributed by atoms with Crippen LogP contribution in [0.15, 0.2) is 0 Å². The molecule has 0 aliphatic carbocycles. The van der Waals surface area contributed by atoms with Crippen molar-refractivity contribution in [2.45, 2.75) is 51.8 Å². The van der Waals surface area contributed by atoms with Crippen molar-refractivity contribution in [3.63, 3.8) is 0 Å². The highest BCUT2D eigenvalue weighted by Crippen LogP contribution is 2.34. The van der Waals surface area contributed by atoms with Crippen LogP contribution in [0.4, 0.5) is 5.13 Å². The number of hydrogen-bond donors (Lipinski definition) is 1. The highest BCUT2D eigenvalue weighted by atomic mass is 32.2. The third-order valence-electron chi connectivity index (χ3n) is 3.75. The molecule has 1 aromatic rings. The first kappa shape index (κ1) is 16.1. The van der Waals surface area contributed by atoms with Gasteiger partial charge in [-0.1, -0.05) is 27.7 Å². The predicted molar refractivity (Wildman–Crippen MR) is 92.2 cm³/mol. The van der Waals surface area contributed by atoms with Gasteiger partial charge in [-0.3, -0.25) is 0 Å². The number of aryl methyl sites for hydroxylation is 1. The molecule has 1 fully saturated rings. The summed E-state index contributed by atoms with van der Waals surface area (Å²) in [7, 11) is 0. The van der Waals surface area contributed by atoms with Crippen molar-refractivity contribution < 1.29 is 0 Å². The molecule has 0 unspecified atom stereocenters. The Bertz CT molecular complexity index is 429. The predicted octanol–water partition coefficient (Wildman–Crippen LogP) is 3.54. The normalized spacial score (nSPS) is 19.1. The Morgan fingerprint density at radius 1 is 1.30 bits per heavy atom. The van der Waals surface area contributed by atoms with E-state index in [1.54, 1.807) is 0 Å². The summed E-state index contributed by atoms with van der Waals surface area (Å²) in [5.74, 6) is 1.20. The summed E-state index contributed by atoms with van der Waals surface area (Å²) >= 11 is 3.98. The number of anilines is 1. The Hall–Kier alpha value is -0.260. The molecular formula is C15H27N3S2. The Morgan fingerprint density at radius 2 is 2.10 bits per heavy atom. The number of rotatable bonds is 5. The number of nitrogens with one attached hydrogen (secondary N) is 1. The first-order valence-corrected chi connectivity index (χ1v) is 9.44. The SMILES string of the molecule is CCNCc1sc(N2CCSC(C)(C)CC2)nc1CC. The number of hydrogen-bond acceptors (Lipinski definition) is 5. The van der Waals surface area contributed by atoms with E-state index in [0.717, 1.165) is 32.6 Å². The van der Waals surface area contributed by atoms with E-state index in [-0.39, 0.29) is 0 Å². The molecule has 0 spiro atoms. The smallest absolute Gasteiger partial charge is 0.185 e. The van der Waals surface area contributed by atoms with Gasteiger partial charge in [-0.15, -0.1) is 11.3 Å². The molecule has 20 heavy (non-hydrogen) atoms. The maximum absolute atomic E-state index is 4.89. The molecular weight excluding hydrogens is 286 g/mol. The van der Waals surface area contributed by atoms with Crippen LogP contribution < -0.4 is 10.2 Å². The number of thiazole rings is 1. The van der Waals surface area contributed by atoms with Gasteiger partial charge in [0.05, 0.1) is 5.69 Å². The third kappa shape index (κ3) is 4.12. The highest BCUT2D eigenvalue weighted by Gasteiger charge is 2.25. The van der Waals surface area contributed by atoms with Crippen LogP contribution >= 0.6 is 23.1 Å². The van der Waals surface area contributed by atoms with Crippen LogP contribution in [0.3, 0.4) is 0 Å². The molecule has 1 aromatic heterocycles. The lowest BCUT2D eigenvalue weighted by Crippen LogP contribution is -2.26. The van der Waals surface area contributed by atoms with Crippen molar-refractivity contribution in [1.82, 2.24) is 10.3 Å². The average Bonchev–Trinajstić information content (AvgIpc) is 2.74. The maximum Gasteiger partial charge on any atom is 0.185 e. The minimum atomic E-state index is 0.409. The molecule has 2 rings (SSSR count). The Balaban J connectivity index is 2.09. The molecule has 2 heterocycles. The molecule has 114 valence electrons. The second-order valence-electron chi connectivity index (χ2n) is 5.85. The van der Waals surface area contributed by atoms with E-state index in [1.807, 2.05) is 11.3 Å². The van der Waals surface area contributed by atoms with Gasteiger partial charge in [0, 0.05) is 35.0 Å². The molecule has 5 heteroatoms. The van der Waals surface area contributed by atoms with Crippen LogP contribution in [0.25, 0.3) is 0 Å². The quantitative estimate of drug-likeness (QED) is 0.900. The minimum absolute atomic E-state index is 0.409. The fourth-order valence-corrected chi connectivity index (χ4v) is 4.64. The summed E-state index contributed by atoms with van der Waals surface area (Å²) in [6, 6.07) is 0. The molecule has 0 aromatic carbocycles. The minimum Gasteiger partial charge on any atom is -0.347 e.